The van der Waals surface area contributed by atoms with E-state index >= 15 is 0 Å². The van der Waals surface area contributed by atoms with Gasteiger partial charge in [0.15, 0.2) is 0 Å². The second-order valence-corrected chi connectivity index (χ2v) is 5.41. The molecule has 1 fully saturated rings. The predicted octanol–water partition coefficient (Wildman–Crippen LogP) is 0.445. The quantitative estimate of drug-likeness (QED) is 0.787. The van der Waals surface area contributed by atoms with Gasteiger partial charge in [-0.15, -0.1) is 0 Å². The normalized spacial score (nSPS) is 18.4. The van der Waals surface area contributed by atoms with Crippen LogP contribution in [0, 0.1) is 0 Å². The maximum absolute atomic E-state index is 11.7. The summed E-state index contributed by atoms with van der Waals surface area (Å²) in [6, 6.07) is 1.85. The van der Waals surface area contributed by atoms with Gasteiger partial charge in [0, 0.05) is 32.0 Å². The Morgan fingerprint density at radius 2 is 2.13 bits per heavy atom. The van der Waals surface area contributed by atoms with Gasteiger partial charge in [-0.3, -0.25) is 0 Å². The van der Waals surface area contributed by atoms with Gasteiger partial charge in [0.25, 0.3) is 10.2 Å². The molecule has 1 saturated heterocycles. The Labute approximate surface area is 89.7 Å². The third-order valence-corrected chi connectivity index (χ3v) is 4.08. The number of rotatable bonds is 4. The van der Waals surface area contributed by atoms with Crippen molar-refractivity contribution in [2.24, 2.45) is 0 Å². The van der Waals surface area contributed by atoms with Crippen molar-refractivity contribution in [3.05, 3.63) is 24.0 Å². The number of hydrogen-bond acceptors (Lipinski definition) is 2. The number of aromatic nitrogens is 1. The van der Waals surface area contributed by atoms with Crippen LogP contribution >= 0.6 is 0 Å². The summed E-state index contributed by atoms with van der Waals surface area (Å²) in [5.41, 5.74) is 0.942. The maximum Gasteiger partial charge on any atom is 0.279 e. The van der Waals surface area contributed by atoms with Crippen LogP contribution in [-0.4, -0.2) is 30.8 Å². The average Bonchev–Trinajstić information content (AvgIpc) is 2.88. The van der Waals surface area contributed by atoms with E-state index in [0.29, 0.717) is 19.6 Å². The monoisotopic (exact) mass is 229 g/mol. The maximum atomic E-state index is 11.7. The van der Waals surface area contributed by atoms with E-state index in [2.05, 4.69) is 9.71 Å². The van der Waals surface area contributed by atoms with Crippen molar-refractivity contribution < 1.29 is 8.42 Å². The van der Waals surface area contributed by atoms with E-state index in [1.807, 2.05) is 6.07 Å². The first kappa shape index (κ1) is 10.7. The van der Waals surface area contributed by atoms with Crippen molar-refractivity contribution in [3.8, 4) is 0 Å². The summed E-state index contributed by atoms with van der Waals surface area (Å²) >= 11 is 0. The zero-order valence-electron chi connectivity index (χ0n) is 8.44. The van der Waals surface area contributed by atoms with Crippen molar-refractivity contribution in [2.45, 2.75) is 19.4 Å². The minimum Gasteiger partial charge on any atom is -0.367 e. The molecular weight excluding hydrogens is 214 g/mol. The molecule has 0 atom stereocenters. The van der Waals surface area contributed by atoms with Gasteiger partial charge < -0.3 is 4.98 Å². The highest BCUT2D eigenvalue weighted by molar-refractivity contribution is 7.87. The van der Waals surface area contributed by atoms with Gasteiger partial charge in [-0.25, -0.2) is 0 Å². The van der Waals surface area contributed by atoms with Gasteiger partial charge in [0.1, 0.15) is 0 Å². The molecular formula is C9H15N3O2S. The molecule has 84 valence electrons. The second kappa shape index (κ2) is 4.34. The molecule has 0 aromatic carbocycles. The van der Waals surface area contributed by atoms with E-state index < -0.39 is 10.2 Å². The van der Waals surface area contributed by atoms with Crippen LogP contribution < -0.4 is 4.72 Å². The summed E-state index contributed by atoms with van der Waals surface area (Å²) in [7, 11) is -3.27. The van der Waals surface area contributed by atoms with Gasteiger partial charge in [-0.05, 0) is 24.5 Å². The zero-order valence-corrected chi connectivity index (χ0v) is 9.26. The van der Waals surface area contributed by atoms with Crippen molar-refractivity contribution >= 4 is 10.2 Å². The Kier molecular flexibility index (Phi) is 3.08. The molecule has 0 amide bonds. The van der Waals surface area contributed by atoms with E-state index in [1.165, 1.54) is 4.31 Å². The number of aromatic amines is 1. The van der Waals surface area contributed by atoms with E-state index in [-0.39, 0.29) is 0 Å². The lowest BCUT2D eigenvalue weighted by molar-refractivity contribution is 0.464. The summed E-state index contributed by atoms with van der Waals surface area (Å²) in [5, 5.41) is 0. The molecule has 5 nitrogen and oxygen atoms in total. The van der Waals surface area contributed by atoms with Gasteiger partial charge >= 0.3 is 0 Å². The fourth-order valence-corrected chi connectivity index (χ4v) is 2.93. The lowest BCUT2D eigenvalue weighted by atomic mass is 10.4. The van der Waals surface area contributed by atoms with E-state index in [0.717, 1.165) is 18.4 Å². The van der Waals surface area contributed by atoms with Gasteiger partial charge in [-0.2, -0.15) is 17.4 Å². The fraction of sp³-hybridized carbons (Fsp3) is 0.556. The Hall–Kier alpha value is -0.850. The van der Waals surface area contributed by atoms with Crippen LogP contribution in [0.3, 0.4) is 0 Å². The van der Waals surface area contributed by atoms with Crippen molar-refractivity contribution in [1.29, 1.82) is 0 Å². The third kappa shape index (κ3) is 2.58. The smallest absolute Gasteiger partial charge is 0.279 e. The van der Waals surface area contributed by atoms with Gasteiger partial charge in [-0.1, -0.05) is 0 Å². The molecule has 2 N–H and O–H groups in total. The topological polar surface area (TPSA) is 65.2 Å². The van der Waals surface area contributed by atoms with Crippen LogP contribution in [0.25, 0.3) is 0 Å². The molecule has 2 rings (SSSR count). The van der Waals surface area contributed by atoms with Crippen LogP contribution in [0.2, 0.25) is 0 Å². The van der Waals surface area contributed by atoms with E-state index in [4.69, 9.17) is 0 Å². The lowest BCUT2D eigenvalue weighted by Gasteiger charge is -2.15. The highest BCUT2D eigenvalue weighted by Gasteiger charge is 2.24. The van der Waals surface area contributed by atoms with Gasteiger partial charge in [0.05, 0.1) is 0 Å². The zero-order chi connectivity index (χ0) is 10.7. The second-order valence-electron chi connectivity index (χ2n) is 3.65. The molecule has 2 heterocycles. The molecule has 6 heteroatoms. The number of hydrogen-bond donors (Lipinski definition) is 2. The molecule has 0 radical (unpaired) electrons. The Morgan fingerprint density at radius 3 is 2.73 bits per heavy atom. The molecule has 0 aliphatic carbocycles. The molecule has 0 saturated carbocycles. The van der Waals surface area contributed by atoms with Gasteiger partial charge in [0.2, 0.25) is 0 Å². The van der Waals surface area contributed by atoms with Crippen molar-refractivity contribution in [2.75, 3.05) is 13.1 Å². The molecule has 0 unspecified atom stereocenters. The standard InChI is InChI=1S/C9H15N3O2S/c13-15(14,12-5-1-2-6-12)11-8-9-3-4-10-7-9/h3-4,7,10-11H,1-2,5-6,8H2. The Balaban J connectivity index is 1.93. The molecule has 1 aromatic rings. The Bertz CT molecular complexity index is 393. The first-order chi connectivity index (χ1) is 7.18. The van der Waals surface area contributed by atoms with Crippen LogP contribution in [-0.2, 0) is 16.8 Å². The number of nitrogens with one attached hydrogen (secondary N) is 2. The number of nitrogens with zero attached hydrogens (tertiary/aromatic N) is 1. The van der Waals surface area contributed by atoms with E-state index in [9.17, 15) is 8.42 Å². The van der Waals surface area contributed by atoms with Crippen LogP contribution in [0.5, 0.6) is 0 Å². The molecule has 1 aliphatic rings. The van der Waals surface area contributed by atoms with Crippen LogP contribution in [0.15, 0.2) is 18.5 Å². The highest BCUT2D eigenvalue weighted by Crippen LogP contribution is 2.11. The summed E-state index contributed by atoms with van der Waals surface area (Å²) in [4.78, 5) is 2.89. The highest BCUT2D eigenvalue weighted by atomic mass is 32.2. The predicted molar refractivity (Wildman–Crippen MR) is 57.4 cm³/mol. The Morgan fingerprint density at radius 1 is 1.40 bits per heavy atom. The first-order valence-corrected chi connectivity index (χ1v) is 6.49. The third-order valence-electron chi connectivity index (χ3n) is 2.53. The van der Waals surface area contributed by atoms with Crippen molar-refractivity contribution in [3.63, 3.8) is 0 Å². The van der Waals surface area contributed by atoms with Crippen molar-refractivity contribution in [1.82, 2.24) is 14.0 Å². The van der Waals surface area contributed by atoms with E-state index in [1.54, 1.807) is 12.4 Å². The lowest BCUT2D eigenvalue weighted by Crippen LogP contribution is -2.38. The SMILES string of the molecule is O=S(=O)(NCc1cc[nH]c1)N1CCCC1. The molecule has 0 bridgehead atoms. The largest absolute Gasteiger partial charge is 0.367 e. The first-order valence-electron chi connectivity index (χ1n) is 5.05. The summed E-state index contributed by atoms with van der Waals surface area (Å²) in [6.45, 7) is 1.63. The average molecular weight is 229 g/mol. The molecule has 0 spiro atoms. The summed E-state index contributed by atoms with van der Waals surface area (Å²) in [6.07, 6.45) is 5.49. The van der Waals surface area contributed by atoms with Crippen LogP contribution in [0.1, 0.15) is 18.4 Å². The molecule has 15 heavy (non-hydrogen) atoms. The summed E-state index contributed by atoms with van der Waals surface area (Å²) in [5.74, 6) is 0. The number of H-pyrrole nitrogens is 1. The molecule has 1 aromatic heterocycles. The molecule has 1 aliphatic heterocycles. The minimum atomic E-state index is -3.27. The fourth-order valence-electron chi connectivity index (χ4n) is 1.66. The van der Waals surface area contributed by atoms with Crippen LogP contribution in [0.4, 0.5) is 0 Å². The summed E-state index contributed by atoms with van der Waals surface area (Å²) < 4.78 is 27.5. The minimum absolute atomic E-state index is 0.350.